The maximum atomic E-state index is 11.7. The molecular formula is C44H29B2NO4. The van der Waals surface area contributed by atoms with Crippen LogP contribution in [0.1, 0.15) is 20.7 Å². The molecule has 0 amide bonds. The summed E-state index contributed by atoms with van der Waals surface area (Å²) in [6.07, 6.45) is 0. The van der Waals surface area contributed by atoms with Crippen LogP contribution in [0, 0.1) is 0 Å². The van der Waals surface area contributed by atoms with Crippen molar-refractivity contribution < 1.29 is 19.8 Å². The highest BCUT2D eigenvalue weighted by Gasteiger charge is 2.43. The highest BCUT2D eigenvalue weighted by molar-refractivity contribution is 7.02. The fraction of sp³-hybridized carbons (Fsp3) is 0. The fourth-order valence-electron chi connectivity index (χ4n) is 7.97. The third kappa shape index (κ3) is 5.05. The zero-order valence-electron chi connectivity index (χ0n) is 27.4. The number of carboxylic acid groups (broad SMARTS) is 2. The van der Waals surface area contributed by atoms with Gasteiger partial charge in [-0.15, -0.1) is 0 Å². The van der Waals surface area contributed by atoms with Crippen molar-refractivity contribution in [2.24, 2.45) is 0 Å². The second-order valence-electron chi connectivity index (χ2n) is 13.1. The maximum Gasteiger partial charge on any atom is 0.335 e. The molecule has 9 rings (SSSR count). The number of hydrogen-bond acceptors (Lipinski definition) is 3. The van der Waals surface area contributed by atoms with Crippen LogP contribution in [0.4, 0.5) is 17.1 Å². The number of para-hydroxylation sites is 1. The molecule has 0 aromatic heterocycles. The van der Waals surface area contributed by atoms with Crippen LogP contribution >= 0.6 is 0 Å². The number of fused-ring (bicyclic) bond motifs is 4. The van der Waals surface area contributed by atoms with E-state index in [1.807, 2.05) is 36.4 Å². The molecule has 2 N–H and O–H groups in total. The van der Waals surface area contributed by atoms with Gasteiger partial charge in [-0.1, -0.05) is 138 Å². The molecule has 240 valence electrons. The average Bonchev–Trinajstić information content (AvgIpc) is 3.18. The molecule has 5 nitrogen and oxygen atoms in total. The van der Waals surface area contributed by atoms with Crippen molar-refractivity contribution in [3.05, 3.63) is 175 Å². The first-order valence-electron chi connectivity index (χ1n) is 16.9. The van der Waals surface area contributed by atoms with Gasteiger partial charge in [-0.25, -0.2) is 9.59 Å². The van der Waals surface area contributed by atoms with Crippen molar-refractivity contribution in [1.82, 2.24) is 0 Å². The van der Waals surface area contributed by atoms with Crippen molar-refractivity contribution in [3.8, 4) is 22.3 Å². The quantitative estimate of drug-likeness (QED) is 0.230. The van der Waals surface area contributed by atoms with Crippen molar-refractivity contribution in [2.45, 2.75) is 0 Å². The van der Waals surface area contributed by atoms with Crippen molar-refractivity contribution in [3.63, 3.8) is 0 Å². The van der Waals surface area contributed by atoms with Gasteiger partial charge in [0, 0.05) is 17.1 Å². The lowest BCUT2D eigenvalue weighted by Crippen LogP contribution is -2.65. The molecule has 7 heteroatoms. The Bertz CT molecular complexity index is 2470. The van der Waals surface area contributed by atoms with Crippen LogP contribution in [-0.2, 0) is 0 Å². The molecule has 2 aliphatic heterocycles. The van der Waals surface area contributed by atoms with E-state index in [4.69, 9.17) is 0 Å². The summed E-state index contributed by atoms with van der Waals surface area (Å²) in [6.45, 7) is -0.134. The predicted molar refractivity (Wildman–Crippen MR) is 208 cm³/mol. The van der Waals surface area contributed by atoms with E-state index in [0.29, 0.717) is 0 Å². The molecule has 51 heavy (non-hydrogen) atoms. The summed E-state index contributed by atoms with van der Waals surface area (Å²) in [6, 6.07) is 55.2. The predicted octanol–water partition coefficient (Wildman–Crippen LogP) is 5.55. The molecule has 0 bridgehead atoms. The number of rotatable bonds is 6. The molecule has 0 atom stereocenters. The van der Waals surface area contributed by atoms with E-state index in [0.717, 1.165) is 44.8 Å². The summed E-state index contributed by atoms with van der Waals surface area (Å²) in [5.41, 5.74) is 14.9. The van der Waals surface area contributed by atoms with Gasteiger partial charge in [0.15, 0.2) is 0 Å². The van der Waals surface area contributed by atoms with Gasteiger partial charge in [-0.3, -0.25) is 0 Å². The van der Waals surface area contributed by atoms with Crippen LogP contribution in [0.3, 0.4) is 0 Å². The average molecular weight is 657 g/mol. The third-order valence-corrected chi connectivity index (χ3v) is 10.3. The lowest BCUT2D eigenvalue weighted by molar-refractivity contribution is 0.0686. The van der Waals surface area contributed by atoms with E-state index in [1.165, 1.54) is 27.3 Å². The van der Waals surface area contributed by atoms with E-state index in [1.54, 1.807) is 24.3 Å². The summed E-state index contributed by atoms with van der Waals surface area (Å²) in [5, 5.41) is 19.2. The highest BCUT2D eigenvalue weighted by atomic mass is 16.4. The van der Waals surface area contributed by atoms with Crippen molar-refractivity contribution in [1.29, 1.82) is 0 Å². The second-order valence-corrected chi connectivity index (χ2v) is 13.1. The van der Waals surface area contributed by atoms with Crippen LogP contribution in [0.5, 0.6) is 0 Å². The number of benzene rings is 7. The lowest BCUT2D eigenvalue weighted by Gasteiger charge is -2.44. The number of carbonyl (C=O) groups is 2. The topological polar surface area (TPSA) is 77.8 Å². The van der Waals surface area contributed by atoms with Crippen LogP contribution < -0.4 is 37.7 Å². The first-order chi connectivity index (χ1) is 25.0. The Kier molecular flexibility index (Phi) is 7.21. The number of nitrogens with zero attached hydrogens (tertiary/aromatic N) is 1. The Labute approximate surface area is 296 Å². The number of anilines is 3. The number of aromatic carboxylic acids is 2. The number of carboxylic acids is 2. The third-order valence-electron chi connectivity index (χ3n) is 10.3. The normalized spacial score (nSPS) is 12.5. The van der Waals surface area contributed by atoms with Gasteiger partial charge < -0.3 is 15.1 Å². The van der Waals surface area contributed by atoms with Crippen LogP contribution in [0.25, 0.3) is 22.3 Å². The van der Waals surface area contributed by atoms with Gasteiger partial charge in [0.05, 0.1) is 11.1 Å². The minimum Gasteiger partial charge on any atom is -0.478 e. The maximum absolute atomic E-state index is 11.7. The molecule has 2 aliphatic rings. The first-order valence-corrected chi connectivity index (χ1v) is 16.9. The molecule has 0 unspecified atom stereocenters. The van der Waals surface area contributed by atoms with Crippen LogP contribution in [0.15, 0.2) is 164 Å². The van der Waals surface area contributed by atoms with Gasteiger partial charge in [0.1, 0.15) is 0 Å². The van der Waals surface area contributed by atoms with Crippen LogP contribution in [0.2, 0.25) is 0 Å². The van der Waals surface area contributed by atoms with Crippen molar-refractivity contribution >= 4 is 75.2 Å². The molecule has 7 aromatic rings. The van der Waals surface area contributed by atoms with Gasteiger partial charge in [0.25, 0.3) is 0 Å². The zero-order valence-corrected chi connectivity index (χ0v) is 27.4. The molecule has 0 aliphatic carbocycles. The smallest absolute Gasteiger partial charge is 0.335 e. The summed E-state index contributed by atoms with van der Waals surface area (Å²) in [5.74, 6) is -1.90. The van der Waals surface area contributed by atoms with E-state index in [9.17, 15) is 19.8 Å². The first kappa shape index (κ1) is 30.5. The Morgan fingerprint density at radius 3 is 1.39 bits per heavy atom. The van der Waals surface area contributed by atoms with E-state index >= 15 is 0 Å². The van der Waals surface area contributed by atoms with E-state index in [-0.39, 0.29) is 24.6 Å². The molecule has 0 radical (unpaired) electrons. The van der Waals surface area contributed by atoms with E-state index in [2.05, 4.69) is 108 Å². The van der Waals surface area contributed by atoms with E-state index < -0.39 is 11.9 Å². The van der Waals surface area contributed by atoms with Crippen LogP contribution in [-0.4, -0.2) is 35.6 Å². The van der Waals surface area contributed by atoms with Gasteiger partial charge >= 0.3 is 11.9 Å². The minimum atomic E-state index is -0.948. The summed E-state index contributed by atoms with van der Waals surface area (Å²) in [4.78, 5) is 25.8. The molecular weight excluding hydrogens is 628 g/mol. The molecule has 2 heterocycles. The highest BCUT2D eigenvalue weighted by Crippen LogP contribution is 2.40. The van der Waals surface area contributed by atoms with Gasteiger partial charge in [0.2, 0.25) is 13.4 Å². The zero-order chi connectivity index (χ0) is 34.6. The lowest BCUT2D eigenvalue weighted by atomic mass is 9.30. The largest absolute Gasteiger partial charge is 0.478 e. The fourth-order valence-corrected chi connectivity index (χ4v) is 7.97. The summed E-state index contributed by atoms with van der Waals surface area (Å²) < 4.78 is 0. The molecule has 0 fully saturated rings. The molecule has 0 spiro atoms. The van der Waals surface area contributed by atoms with Gasteiger partial charge in [-0.2, -0.15) is 0 Å². The molecule has 0 saturated heterocycles. The second kappa shape index (κ2) is 12.1. The Hall–Kier alpha value is -6.59. The summed E-state index contributed by atoms with van der Waals surface area (Å²) >= 11 is 0. The SMILES string of the molecule is O=C(O)c1ccc(-c2cc3c4c(c2)B(c2ccccc2)c2ccc(-c5ccc(C(=O)O)cc5)cc2N4c2ccccc2B3c2ccccc2)cc1. The Morgan fingerprint density at radius 2 is 0.863 bits per heavy atom. The molecule has 7 aromatic carbocycles. The standard InChI is InChI=1S/C44H29B2NO4/c48-43(49)30-19-15-28(16-20-30)32-23-24-37-41(27-32)47-40-14-8-7-13-36(40)45(34-9-3-1-4-10-34)38-25-33(29-17-21-31(22-18-29)44(50)51)26-39(42(38)47)46(37)35-11-5-2-6-12-35/h1-27H,(H,48,49)(H,50,51). The Morgan fingerprint density at radius 1 is 0.412 bits per heavy atom. The van der Waals surface area contributed by atoms with Crippen molar-refractivity contribution in [2.75, 3.05) is 4.90 Å². The molecule has 0 saturated carbocycles. The minimum absolute atomic E-state index is 0.0460. The number of hydrogen-bond donors (Lipinski definition) is 2. The Balaban J connectivity index is 1.35. The monoisotopic (exact) mass is 657 g/mol. The van der Waals surface area contributed by atoms with Gasteiger partial charge in [-0.05, 0) is 80.5 Å². The summed E-state index contributed by atoms with van der Waals surface area (Å²) in [7, 11) is 0.